The summed E-state index contributed by atoms with van der Waals surface area (Å²) < 4.78 is 29.8. The second-order valence-electron chi connectivity index (χ2n) is 11.6. The Labute approximate surface area is 243 Å². The van der Waals surface area contributed by atoms with E-state index in [4.69, 9.17) is 0 Å². The zero-order chi connectivity index (χ0) is 28.4. The summed E-state index contributed by atoms with van der Waals surface area (Å²) in [6, 6.07) is 20.1. The number of hydrogen-bond donors (Lipinski definition) is 0. The van der Waals surface area contributed by atoms with Crippen LogP contribution in [0.4, 0.5) is 8.78 Å². The molecule has 0 amide bonds. The van der Waals surface area contributed by atoms with E-state index in [2.05, 4.69) is 38.1 Å². The number of rotatable bonds is 20. The van der Waals surface area contributed by atoms with E-state index in [1.807, 2.05) is 24.3 Å². The fourth-order valence-corrected chi connectivity index (χ4v) is 5.62. The second kappa shape index (κ2) is 18.8. The smallest absolute Gasteiger partial charge is 0.166 e. The highest BCUT2D eigenvalue weighted by atomic mass is 19.2. The molecule has 0 fully saturated rings. The predicted molar refractivity (Wildman–Crippen MR) is 170 cm³/mol. The number of unbranched alkanes of at least 4 members (excludes halogenated alkanes) is 14. The molecule has 0 heterocycles. The molecule has 0 aliphatic carbocycles. The molecule has 0 spiro atoms. The summed E-state index contributed by atoms with van der Waals surface area (Å²) in [5, 5.41) is 0. The molecular formula is C38H52F2. The fourth-order valence-electron chi connectivity index (χ4n) is 5.62. The Morgan fingerprint density at radius 2 is 0.825 bits per heavy atom. The Balaban J connectivity index is 1.44. The molecule has 0 nitrogen and oxygen atoms in total. The minimum Gasteiger partial charge on any atom is -0.203 e. The molecule has 3 aromatic rings. The molecule has 0 atom stereocenters. The van der Waals surface area contributed by atoms with Crippen molar-refractivity contribution >= 4 is 0 Å². The Kier molecular flexibility index (Phi) is 15.1. The Hall–Kier alpha value is -2.48. The zero-order valence-electron chi connectivity index (χ0n) is 25.3. The van der Waals surface area contributed by atoms with Gasteiger partial charge in [0.15, 0.2) is 11.6 Å². The van der Waals surface area contributed by atoms with Crippen LogP contribution in [-0.4, -0.2) is 0 Å². The van der Waals surface area contributed by atoms with Crippen LogP contribution in [0.2, 0.25) is 0 Å². The molecule has 0 unspecified atom stereocenters. The molecule has 0 saturated heterocycles. The van der Waals surface area contributed by atoms with E-state index in [1.54, 1.807) is 12.1 Å². The van der Waals surface area contributed by atoms with Crippen LogP contribution in [0, 0.1) is 11.6 Å². The first-order valence-corrected chi connectivity index (χ1v) is 16.3. The summed E-state index contributed by atoms with van der Waals surface area (Å²) in [5.74, 6) is -1.42. The van der Waals surface area contributed by atoms with Gasteiger partial charge in [-0.2, -0.15) is 0 Å². The monoisotopic (exact) mass is 546 g/mol. The lowest BCUT2D eigenvalue weighted by Gasteiger charge is -2.10. The Bertz CT molecular complexity index is 1080. The maximum absolute atomic E-state index is 15.0. The van der Waals surface area contributed by atoms with Crippen LogP contribution in [0.5, 0.6) is 0 Å². The van der Waals surface area contributed by atoms with Crippen LogP contribution < -0.4 is 0 Å². The summed E-state index contributed by atoms with van der Waals surface area (Å²) >= 11 is 0. The van der Waals surface area contributed by atoms with Gasteiger partial charge in [0.2, 0.25) is 0 Å². The third-order valence-electron chi connectivity index (χ3n) is 8.26. The van der Waals surface area contributed by atoms with Crippen molar-refractivity contribution < 1.29 is 8.78 Å². The van der Waals surface area contributed by atoms with Crippen molar-refractivity contribution in [2.24, 2.45) is 0 Å². The number of benzene rings is 3. The lowest BCUT2D eigenvalue weighted by Crippen LogP contribution is -1.98. The summed E-state index contributed by atoms with van der Waals surface area (Å²) in [5.41, 5.74) is 5.17. The quantitative estimate of drug-likeness (QED) is 0.124. The molecule has 40 heavy (non-hydrogen) atoms. The highest BCUT2D eigenvalue weighted by Crippen LogP contribution is 2.30. The molecule has 0 bridgehead atoms. The summed E-state index contributed by atoms with van der Waals surface area (Å²) in [6.45, 7) is 4.47. The van der Waals surface area contributed by atoms with E-state index in [0.29, 0.717) is 23.1 Å². The van der Waals surface area contributed by atoms with Gasteiger partial charge in [-0.1, -0.05) is 164 Å². The third-order valence-corrected chi connectivity index (χ3v) is 8.26. The van der Waals surface area contributed by atoms with Gasteiger partial charge >= 0.3 is 0 Å². The molecule has 0 aliphatic heterocycles. The van der Waals surface area contributed by atoms with Gasteiger partial charge < -0.3 is 0 Å². The summed E-state index contributed by atoms with van der Waals surface area (Å²) in [4.78, 5) is 0. The van der Waals surface area contributed by atoms with Gasteiger partial charge in [0.05, 0.1) is 0 Å². The Morgan fingerprint density at radius 3 is 1.35 bits per heavy atom. The zero-order valence-corrected chi connectivity index (χ0v) is 25.3. The molecular weight excluding hydrogens is 494 g/mol. The molecule has 2 heteroatoms. The molecule has 3 aromatic carbocycles. The van der Waals surface area contributed by atoms with Crippen molar-refractivity contribution in [3.63, 3.8) is 0 Å². The van der Waals surface area contributed by atoms with Crippen molar-refractivity contribution in [2.45, 2.75) is 129 Å². The second-order valence-corrected chi connectivity index (χ2v) is 11.6. The molecule has 3 rings (SSSR count). The van der Waals surface area contributed by atoms with E-state index in [9.17, 15) is 8.78 Å². The average molecular weight is 547 g/mol. The van der Waals surface area contributed by atoms with E-state index in [1.165, 1.54) is 95.5 Å². The Morgan fingerprint density at radius 1 is 0.400 bits per heavy atom. The first kappa shape index (κ1) is 32.0. The van der Waals surface area contributed by atoms with E-state index >= 15 is 0 Å². The highest BCUT2D eigenvalue weighted by molar-refractivity contribution is 5.71. The fraction of sp³-hybridized carbons (Fsp3) is 0.526. The van der Waals surface area contributed by atoms with Gasteiger partial charge in [-0.15, -0.1) is 0 Å². The molecule has 0 aliphatic rings. The minimum atomic E-state index is -0.729. The van der Waals surface area contributed by atoms with Crippen molar-refractivity contribution in [3.8, 4) is 22.3 Å². The standard InChI is InChI=1S/C38H52F2/c1-3-5-7-9-11-12-13-14-15-17-19-31-21-23-32(24-22-31)33-25-27-34(28-26-33)36-30-29-35(37(39)38(36)40)20-18-16-10-8-6-4-2/h21-30H,3-20H2,1-2H3. The van der Waals surface area contributed by atoms with Gasteiger partial charge in [-0.3, -0.25) is 0 Å². The van der Waals surface area contributed by atoms with Crippen molar-refractivity contribution in [1.82, 2.24) is 0 Å². The van der Waals surface area contributed by atoms with Crippen LogP contribution in [-0.2, 0) is 12.8 Å². The normalized spacial score (nSPS) is 11.3. The molecule has 0 saturated carbocycles. The van der Waals surface area contributed by atoms with Crippen molar-refractivity contribution in [3.05, 3.63) is 83.4 Å². The van der Waals surface area contributed by atoms with Crippen molar-refractivity contribution in [2.75, 3.05) is 0 Å². The number of aryl methyl sites for hydroxylation is 2. The van der Waals surface area contributed by atoms with Crippen LogP contribution in [0.1, 0.15) is 128 Å². The van der Waals surface area contributed by atoms with Gasteiger partial charge in [-0.25, -0.2) is 8.78 Å². The van der Waals surface area contributed by atoms with Gasteiger partial charge in [0.25, 0.3) is 0 Å². The average Bonchev–Trinajstić information content (AvgIpc) is 2.98. The number of halogens is 2. The van der Waals surface area contributed by atoms with E-state index in [0.717, 1.165) is 30.4 Å². The van der Waals surface area contributed by atoms with Crippen LogP contribution in [0.3, 0.4) is 0 Å². The third kappa shape index (κ3) is 10.8. The molecule has 0 aromatic heterocycles. The summed E-state index contributed by atoms with van der Waals surface area (Å²) in [6.07, 6.45) is 22.2. The van der Waals surface area contributed by atoms with Gasteiger partial charge in [0.1, 0.15) is 0 Å². The topological polar surface area (TPSA) is 0 Å². The van der Waals surface area contributed by atoms with E-state index in [-0.39, 0.29) is 0 Å². The van der Waals surface area contributed by atoms with Crippen LogP contribution >= 0.6 is 0 Å². The summed E-state index contributed by atoms with van der Waals surface area (Å²) in [7, 11) is 0. The number of hydrogen-bond acceptors (Lipinski definition) is 0. The van der Waals surface area contributed by atoms with Crippen LogP contribution in [0.25, 0.3) is 22.3 Å². The van der Waals surface area contributed by atoms with E-state index < -0.39 is 11.6 Å². The van der Waals surface area contributed by atoms with Crippen LogP contribution in [0.15, 0.2) is 60.7 Å². The SMILES string of the molecule is CCCCCCCCCCCCc1ccc(-c2ccc(-c3ccc(CCCCCCCC)c(F)c3F)cc2)cc1. The molecule has 0 N–H and O–H groups in total. The lowest BCUT2D eigenvalue weighted by molar-refractivity contribution is 0.497. The first-order chi connectivity index (χ1) is 19.6. The maximum Gasteiger partial charge on any atom is 0.166 e. The highest BCUT2D eigenvalue weighted by Gasteiger charge is 2.15. The van der Waals surface area contributed by atoms with Gasteiger partial charge in [-0.05, 0) is 53.5 Å². The first-order valence-electron chi connectivity index (χ1n) is 16.3. The molecule has 218 valence electrons. The predicted octanol–water partition coefficient (Wildman–Crippen LogP) is 12.7. The van der Waals surface area contributed by atoms with Crippen molar-refractivity contribution in [1.29, 1.82) is 0 Å². The lowest BCUT2D eigenvalue weighted by atomic mass is 9.96. The minimum absolute atomic E-state index is 0.336. The maximum atomic E-state index is 15.0. The van der Waals surface area contributed by atoms with Gasteiger partial charge in [0, 0.05) is 5.56 Å². The molecule has 0 radical (unpaired) electrons. The largest absolute Gasteiger partial charge is 0.203 e.